The van der Waals surface area contributed by atoms with Crippen molar-refractivity contribution in [3.8, 4) is 0 Å². The second kappa shape index (κ2) is 6.72. The third kappa shape index (κ3) is 4.57. The first-order valence-corrected chi connectivity index (χ1v) is 7.03. The molecule has 4 unspecified atom stereocenters. The first-order chi connectivity index (χ1) is 7.91. The van der Waals surface area contributed by atoms with E-state index >= 15 is 0 Å². The van der Waals surface area contributed by atoms with E-state index in [1.165, 1.54) is 13.0 Å². The molecule has 0 spiro atoms. The van der Waals surface area contributed by atoms with Crippen LogP contribution >= 0.6 is 0 Å². The summed E-state index contributed by atoms with van der Waals surface area (Å²) in [5.41, 5.74) is 0. The summed E-state index contributed by atoms with van der Waals surface area (Å²) in [6, 6.07) is 1.28. The molecule has 0 amide bonds. The summed E-state index contributed by atoms with van der Waals surface area (Å²) in [7, 11) is 2.21. The molecule has 2 N–H and O–H groups in total. The van der Waals surface area contributed by atoms with Gasteiger partial charge in [-0.05, 0) is 45.2 Å². The minimum Gasteiger partial charge on any atom is -0.393 e. The van der Waals surface area contributed by atoms with Gasteiger partial charge >= 0.3 is 0 Å². The van der Waals surface area contributed by atoms with Crippen molar-refractivity contribution in [1.82, 2.24) is 10.2 Å². The van der Waals surface area contributed by atoms with Gasteiger partial charge < -0.3 is 15.3 Å². The normalized spacial score (nSPS) is 33.0. The first kappa shape index (κ1) is 14.9. The molecule has 4 atom stereocenters. The Hall–Kier alpha value is -0.120. The fourth-order valence-electron chi connectivity index (χ4n) is 2.58. The quantitative estimate of drug-likeness (QED) is 0.770. The maximum Gasteiger partial charge on any atom is 0.0575 e. The third-order valence-electron chi connectivity index (χ3n) is 4.23. The van der Waals surface area contributed by atoms with E-state index in [1.54, 1.807) is 0 Å². The van der Waals surface area contributed by atoms with Crippen LogP contribution in [0, 0.1) is 11.8 Å². The van der Waals surface area contributed by atoms with Gasteiger partial charge in [0.1, 0.15) is 0 Å². The summed E-state index contributed by atoms with van der Waals surface area (Å²) in [6.07, 6.45) is 1.92. The van der Waals surface area contributed by atoms with E-state index in [0.29, 0.717) is 23.9 Å². The minimum atomic E-state index is -0.165. The van der Waals surface area contributed by atoms with E-state index in [-0.39, 0.29) is 6.10 Å². The van der Waals surface area contributed by atoms with Crippen LogP contribution in [0.25, 0.3) is 0 Å². The van der Waals surface area contributed by atoms with Crippen molar-refractivity contribution in [2.75, 3.05) is 20.1 Å². The molecule has 1 saturated heterocycles. The lowest BCUT2D eigenvalue weighted by Gasteiger charge is -2.40. The van der Waals surface area contributed by atoms with Crippen LogP contribution in [0.2, 0.25) is 0 Å². The van der Waals surface area contributed by atoms with Crippen LogP contribution < -0.4 is 5.32 Å². The van der Waals surface area contributed by atoms with E-state index < -0.39 is 0 Å². The highest BCUT2D eigenvalue weighted by molar-refractivity contribution is 4.86. The summed E-state index contributed by atoms with van der Waals surface area (Å²) in [5, 5.41) is 13.4. The fraction of sp³-hybridized carbons (Fsp3) is 1.00. The molecule has 0 saturated carbocycles. The molecule has 102 valence electrons. The van der Waals surface area contributed by atoms with E-state index in [9.17, 15) is 5.11 Å². The monoisotopic (exact) mass is 242 g/mol. The average Bonchev–Trinajstić information content (AvgIpc) is 2.25. The zero-order valence-corrected chi connectivity index (χ0v) is 12.1. The molecule has 1 aliphatic rings. The van der Waals surface area contributed by atoms with E-state index in [0.717, 1.165) is 13.0 Å². The Balaban J connectivity index is 2.27. The van der Waals surface area contributed by atoms with Crippen LogP contribution in [0.5, 0.6) is 0 Å². The summed E-state index contributed by atoms with van der Waals surface area (Å²) in [4.78, 5) is 2.44. The van der Waals surface area contributed by atoms with Crippen molar-refractivity contribution in [2.24, 2.45) is 11.8 Å². The molecule has 0 aliphatic carbocycles. The van der Waals surface area contributed by atoms with Gasteiger partial charge in [-0.15, -0.1) is 0 Å². The number of aliphatic hydroxyl groups excluding tert-OH is 1. The Kier molecular flexibility index (Phi) is 5.90. The Bertz CT molecular complexity index is 220. The largest absolute Gasteiger partial charge is 0.393 e. The number of piperidine rings is 1. The van der Waals surface area contributed by atoms with Gasteiger partial charge in [0, 0.05) is 18.6 Å². The highest BCUT2D eigenvalue weighted by Crippen LogP contribution is 2.20. The average molecular weight is 242 g/mol. The molecule has 0 aromatic heterocycles. The molecule has 0 aromatic carbocycles. The van der Waals surface area contributed by atoms with Crippen LogP contribution in [0.3, 0.4) is 0 Å². The van der Waals surface area contributed by atoms with Crippen LogP contribution in [0.1, 0.15) is 40.5 Å². The predicted molar refractivity (Wildman–Crippen MR) is 73.1 cm³/mol. The molecule has 3 heteroatoms. The van der Waals surface area contributed by atoms with Crippen LogP contribution in [-0.4, -0.2) is 48.3 Å². The molecule has 3 nitrogen and oxygen atoms in total. The van der Waals surface area contributed by atoms with Crippen LogP contribution in [0.15, 0.2) is 0 Å². The molecule has 1 heterocycles. The summed E-state index contributed by atoms with van der Waals surface area (Å²) < 4.78 is 0. The number of likely N-dealkylation sites (tertiary alicyclic amines) is 1. The molecular formula is C14H30N2O. The lowest BCUT2D eigenvalue weighted by molar-refractivity contribution is 0.101. The third-order valence-corrected chi connectivity index (χ3v) is 4.23. The van der Waals surface area contributed by atoms with Crippen molar-refractivity contribution >= 4 is 0 Å². The van der Waals surface area contributed by atoms with Crippen molar-refractivity contribution in [2.45, 2.75) is 58.7 Å². The molecule has 0 radical (unpaired) electrons. The van der Waals surface area contributed by atoms with Gasteiger partial charge in [0.05, 0.1) is 6.10 Å². The van der Waals surface area contributed by atoms with Gasteiger partial charge in [-0.25, -0.2) is 0 Å². The van der Waals surface area contributed by atoms with Gasteiger partial charge in [0.15, 0.2) is 0 Å². The topological polar surface area (TPSA) is 35.5 Å². The molecular weight excluding hydrogens is 212 g/mol. The summed E-state index contributed by atoms with van der Waals surface area (Å²) in [6.45, 7) is 10.9. The summed E-state index contributed by atoms with van der Waals surface area (Å²) >= 11 is 0. The zero-order valence-electron chi connectivity index (χ0n) is 12.1. The maximum atomic E-state index is 9.77. The predicted octanol–water partition coefficient (Wildman–Crippen LogP) is 1.71. The van der Waals surface area contributed by atoms with E-state index in [1.807, 2.05) is 0 Å². The van der Waals surface area contributed by atoms with Gasteiger partial charge in [-0.2, -0.15) is 0 Å². The molecule has 1 rings (SSSR count). The van der Waals surface area contributed by atoms with Gasteiger partial charge in [-0.3, -0.25) is 0 Å². The number of aliphatic hydroxyl groups is 1. The second-order valence-corrected chi connectivity index (χ2v) is 6.16. The minimum absolute atomic E-state index is 0.165. The number of rotatable bonds is 5. The Morgan fingerprint density at radius 1 is 1.35 bits per heavy atom. The molecule has 1 fully saturated rings. The number of nitrogens with zero attached hydrogens (tertiary/aromatic N) is 1. The Morgan fingerprint density at radius 3 is 2.59 bits per heavy atom. The van der Waals surface area contributed by atoms with Crippen LogP contribution in [0.4, 0.5) is 0 Å². The highest BCUT2D eigenvalue weighted by atomic mass is 16.3. The smallest absolute Gasteiger partial charge is 0.0575 e. The Morgan fingerprint density at radius 2 is 2.00 bits per heavy atom. The highest BCUT2D eigenvalue weighted by Gasteiger charge is 2.28. The van der Waals surface area contributed by atoms with Gasteiger partial charge in [0.25, 0.3) is 0 Å². The van der Waals surface area contributed by atoms with Gasteiger partial charge in [-0.1, -0.05) is 20.8 Å². The molecule has 0 aromatic rings. The van der Waals surface area contributed by atoms with Crippen molar-refractivity contribution in [3.63, 3.8) is 0 Å². The fourth-order valence-corrected chi connectivity index (χ4v) is 2.58. The SMILES string of the molecule is CC(C)C(O)CCNC1CC(C)N(C)CC1C. The number of hydrogen-bond acceptors (Lipinski definition) is 3. The van der Waals surface area contributed by atoms with Crippen molar-refractivity contribution in [1.29, 1.82) is 0 Å². The molecule has 17 heavy (non-hydrogen) atoms. The number of nitrogens with one attached hydrogen (secondary N) is 1. The summed E-state index contributed by atoms with van der Waals surface area (Å²) in [5.74, 6) is 1.07. The second-order valence-electron chi connectivity index (χ2n) is 6.16. The van der Waals surface area contributed by atoms with E-state index in [2.05, 4.69) is 45.0 Å². The lowest BCUT2D eigenvalue weighted by Crippen LogP contribution is -2.51. The number of hydrogen-bond donors (Lipinski definition) is 2. The molecule has 1 aliphatic heterocycles. The lowest BCUT2D eigenvalue weighted by atomic mass is 9.89. The van der Waals surface area contributed by atoms with Crippen molar-refractivity contribution < 1.29 is 5.11 Å². The van der Waals surface area contributed by atoms with Crippen LogP contribution in [-0.2, 0) is 0 Å². The first-order valence-electron chi connectivity index (χ1n) is 7.03. The standard InChI is InChI=1S/C14H30N2O/c1-10(2)14(17)6-7-15-13-8-12(4)16(5)9-11(13)3/h10-15,17H,6-9H2,1-5H3. The maximum absolute atomic E-state index is 9.77. The zero-order chi connectivity index (χ0) is 13.0. The molecule has 0 bridgehead atoms. The Labute approximate surface area is 107 Å². The van der Waals surface area contributed by atoms with Crippen molar-refractivity contribution in [3.05, 3.63) is 0 Å². The van der Waals surface area contributed by atoms with Gasteiger partial charge in [0.2, 0.25) is 0 Å². The van der Waals surface area contributed by atoms with E-state index in [4.69, 9.17) is 0 Å².